The molecule has 0 spiro atoms. The third kappa shape index (κ3) is 3.73. The first-order valence-electron chi connectivity index (χ1n) is 8.61. The largest absolute Gasteiger partial charge is 0.366 e. The van der Waals surface area contributed by atoms with Crippen LogP contribution in [0.2, 0.25) is 0 Å². The molecule has 2 aromatic heterocycles. The number of aromatic nitrogens is 4. The van der Waals surface area contributed by atoms with Crippen LogP contribution in [0.15, 0.2) is 59.1 Å². The SMILES string of the molecule is Cc1nc(NCc2ccc(Br)cc2)cc(-n2c(C(F)F)nc3ccccc32)n1. The standard InChI is InChI=1S/C20H16BrF2N5/c1-12-25-17(24-11-13-6-8-14(21)9-7-13)10-18(26-12)28-16-5-3-2-4-15(16)27-20(28)19(22)23/h2-10,19H,11H2,1H3,(H,24,25,26). The Balaban J connectivity index is 1.72. The minimum Gasteiger partial charge on any atom is -0.366 e. The van der Waals surface area contributed by atoms with Crippen LogP contribution < -0.4 is 5.32 Å². The molecular formula is C20H16BrF2N5. The molecule has 0 saturated heterocycles. The molecule has 8 heteroatoms. The average Bonchev–Trinajstić information content (AvgIpc) is 3.07. The van der Waals surface area contributed by atoms with Crippen molar-refractivity contribution in [2.45, 2.75) is 19.9 Å². The summed E-state index contributed by atoms with van der Waals surface area (Å²) in [5, 5.41) is 3.23. The lowest BCUT2D eigenvalue weighted by molar-refractivity contribution is 0.139. The first-order valence-corrected chi connectivity index (χ1v) is 9.40. The predicted octanol–water partition coefficient (Wildman–Crippen LogP) is 5.44. The van der Waals surface area contributed by atoms with Crippen molar-refractivity contribution in [2.75, 3.05) is 5.32 Å². The van der Waals surface area contributed by atoms with E-state index in [4.69, 9.17) is 0 Å². The Labute approximate surface area is 168 Å². The Morgan fingerprint density at radius 3 is 2.54 bits per heavy atom. The molecular weight excluding hydrogens is 428 g/mol. The number of fused-ring (bicyclic) bond motifs is 1. The predicted molar refractivity (Wildman–Crippen MR) is 108 cm³/mol. The number of alkyl halides is 2. The van der Waals surface area contributed by atoms with Crippen LogP contribution in [0.1, 0.15) is 23.6 Å². The second-order valence-electron chi connectivity index (χ2n) is 6.23. The molecule has 0 fully saturated rings. The second kappa shape index (κ2) is 7.63. The van der Waals surface area contributed by atoms with Gasteiger partial charge in [-0.2, -0.15) is 0 Å². The van der Waals surface area contributed by atoms with Gasteiger partial charge in [-0.05, 0) is 36.8 Å². The van der Waals surface area contributed by atoms with E-state index in [1.807, 2.05) is 24.3 Å². The van der Waals surface area contributed by atoms with Crippen molar-refractivity contribution in [1.82, 2.24) is 19.5 Å². The van der Waals surface area contributed by atoms with Gasteiger partial charge in [-0.1, -0.05) is 40.2 Å². The van der Waals surface area contributed by atoms with Crippen LogP contribution in [0, 0.1) is 6.92 Å². The summed E-state index contributed by atoms with van der Waals surface area (Å²) in [7, 11) is 0. The summed E-state index contributed by atoms with van der Waals surface area (Å²) >= 11 is 3.41. The van der Waals surface area contributed by atoms with Crippen LogP contribution >= 0.6 is 15.9 Å². The zero-order valence-corrected chi connectivity index (χ0v) is 16.5. The molecule has 0 unspecified atom stereocenters. The normalized spacial score (nSPS) is 11.3. The van der Waals surface area contributed by atoms with Gasteiger partial charge in [0.05, 0.1) is 11.0 Å². The molecule has 4 aromatic rings. The van der Waals surface area contributed by atoms with E-state index in [-0.39, 0.29) is 5.82 Å². The first-order chi connectivity index (χ1) is 13.5. The molecule has 1 N–H and O–H groups in total. The van der Waals surface area contributed by atoms with Crippen molar-refractivity contribution in [3.05, 3.63) is 76.3 Å². The summed E-state index contributed by atoms with van der Waals surface area (Å²) in [5.74, 6) is 1.06. The summed E-state index contributed by atoms with van der Waals surface area (Å²) in [6.45, 7) is 2.28. The van der Waals surface area contributed by atoms with E-state index < -0.39 is 6.43 Å². The smallest absolute Gasteiger partial charge is 0.296 e. The molecule has 0 bridgehead atoms. The number of para-hydroxylation sites is 2. The molecule has 4 rings (SSSR count). The van der Waals surface area contributed by atoms with Gasteiger partial charge in [-0.15, -0.1) is 0 Å². The fourth-order valence-electron chi connectivity index (χ4n) is 2.98. The maximum absolute atomic E-state index is 13.6. The summed E-state index contributed by atoms with van der Waals surface area (Å²) in [5.41, 5.74) is 2.15. The highest BCUT2D eigenvalue weighted by molar-refractivity contribution is 9.10. The number of hydrogen-bond donors (Lipinski definition) is 1. The monoisotopic (exact) mass is 443 g/mol. The van der Waals surface area contributed by atoms with Crippen molar-refractivity contribution >= 4 is 32.8 Å². The van der Waals surface area contributed by atoms with Crippen molar-refractivity contribution in [3.63, 3.8) is 0 Å². The van der Waals surface area contributed by atoms with Gasteiger partial charge in [0, 0.05) is 17.1 Å². The molecule has 142 valence electrons. The Hall–Kier alpha value is -2.87. The van der Waals surface area contributed by atoms with Crippen LogP contribution in [-0.2, 0) is 6.54 Å². The maximum atomic E-state index is 13.6. The van der Waals surface area contributed by atoms with E-state index in [0.29, 0.717) is 35.0 Å². The highest BCUT2D eigenvalue weighted by Gasteiger charge is 2.21. The Bertz CT molecular complexity index is 1130. The van der Waals surface area contributed by atoms with Gasteiger partial charge in [0.15, 0.2) is 5.82 Å². The van der Waals surface area contributed by atoms with Gasteiger partial charge in [-0.3, -0.25) is 4.57 Å². The molecule has 0 atom stereocenters. The van der Waals surface area contributed by atoms with Gasteiger partial charge >= 0.3 is 0 Å². The second-order valence-corrected chi connectivity index (χ2v) is 7.15. The number of benzene rings is 2. The van der Waals surface area contributed by atoms with Gasteiger partial charge < -0.3 is 5.32 Å². The number of anilines is 1. The lowest BCUT2D eigenvalue weighted by atomic mass is 10.2. The quantitative estimate of drug-likeness (QED) is 0.446. The molecule has 0 amide bonds. The van der Waals surface area contributed by atoms with Gasteiger partial charge in [0.25, 0.3) is 6.43 Å². The highest BCUT2D eigenvalue weighted by Crippen LogP contribution is 2.28. The summed E-state index contributed by atoms with van der Waals surface area (Å²) < 4.78 is 29.6. The van der Waals surface area contributed by atoms with E-state index >= 15 is 0 Å². The van der Waals surface area contributed by atoms with Crippen LogP contribution in [0.4, 0.5) is 14.6 Å². The molecule has 0 radical (unpaired) electrons. The van der Waals surface area contributed by atoms with E-state index in [9.17, 15) is 8.78 Å². The lowest BCUT2D eigenvalue weighted by Gasteiger charge is -2.12. The molecule has 0 aliphatic heterocycles. The minimum absolute atomic E-state index is 0.335. The summed E-state index contributed by atoms with van der Waals surface area (Å²) in [6, 6.07) is 16.6. The fourth-order valence-corrected chi connectivity index (χ4v) is 3.25. The van der Waals surface area contributed by atoms with Gasteiger partial charge in [0.2, 0.25) is 0 Å². The molecule has 0 aliphatic rings. The number of hydrogen-bond acceptors (Lipinski definition) is 4. The Kier molecular flexibility index (Phi) is 5.04. The maximum Gasteiger partial charge on any atom is 0.296 e. The van der Waals surface area contributed by atoms with Crippen LogP contribution in [0.3, 0.4) is 0 Å². The van der Waals surface area contributed by atoms with E-state index in [0.717, 1.165) is 10.0 Å². The number of halogens is 3. The van der Waals surface area contributed by atoms with E-state index in [2.05, 4.69) is 36.2 Å². The molecule has 2 heterocycles. The molecule has 0 saturated carbocycles. The summed E-state index contributed by atoms with van der Waals surface area (Å²) in [6.07, 6.45) is -2.72. The third-order valence-corrected chi connectivity index (χ3v) is 4.75. The number of imidazole rings is 1. The van der Waals surface area contributed by atoms with Crippen molar-refractivity contribution in [3.8, 4) is 5.82 Å². The van der Waals surface area contributed by atoms with Crippen LogP contribution in [0.5, 0.6) is 0 Å². The Morgan fingerprint density at radius 2 is 1.79 bits per heavy atom. The van der Waals surface area contributed by atoms with Crippen LogP contribution in [-0.4, -0.2) is 19.5 Å². The third-order valence-electron chi connectivity index (χ3n) is 4.22. The van der Waals surface area contributed by atoms with Gasteiger partial charge in [-0.25, -0.2) is 23.7 Å². The highest BCUT2D eigenvalue weighted by atomic mass is 79.9. The topological polar surface area (TPSA) is 55.6 Å². The number of aryl methyl sites for hydroxylation is 1. The molecule has 0 aliphatic carbocycles. The van der Waals surface area contributed by atoms with E-state index in [1.54, 1.807) is 37.3 Å². The van der Waals surface area contributed by atoms with Gasteiger partial charge in [0.1, 0.15) is 17.5 Å². The van der Waals surface area contributed by atoms with Crippen molar-refractivity contribution < 1.29 is 8.78 Å². The van der Waals surface area contributed by atoms with Crippen molar-refractivity contribution in [2.24, 2.45) is 0 Å². The zero-order chi connectivity index (χ0) is 19.7. The summed E-state index contributed by atoms with van der Waals surface area (Å²) in [4.78, 5) is 12.8. The lowest BCUT2D eigenvalue weighted by Crippen LogP contribution is -2.09. The van der Waals surface area contributed by atoms with Crippen LogP contribution in [0.25, 0.3) is 16.9 Å². The average molecular weight is 444 g/mol. The molecule has 5 nitrogen and oxygen atoms in total. The van der Waals surface area contributed by atoms with Crippen molar-refractivity contribution in [1.29, 1.82) is 0 Å². The number of nitrogens with zero attached hydrogens (tertiary/aromatic N) is 4. The fraction of sp³-hybridized carbons (Fsp3) is 0.150. The van der Waals surface area contributed by atoms with E-state index in [1.165, 1.54) is 4.57 Å². The molecule has 2 aromatic carbocycles. The molecule has 28 heavy (non-hydrogen) atoms. The number of nitrogens with one attached hydrogen (secondary N) is 1. The Morgan fingerprint density at radius 1 is 1.04 bits per heavy atom. The number of rotatable bonds is 5. The zero-order valence-electron chi connectivity index (χ0n) is 14.9. The first kappa shape index (κ1) is 18.5. The minimum atomic E-state index is -2.72.